The number of pyridine rings is 1. The van der Waals surface area contributed by atoms with E-state index in [4.69, 9.17) is 14.2 Å². The third kappa shape index (κ3) is 4.84. The molecule has 0 saturated heterocycles. The van der Waals surface area contributed by atoms with Crippen molar-refractivity contribution in [3.63, 3.8) is 0 Å². The van der Waals surface area contributed by atoms with E-state index in [9.17, 15) is 14.4 Å². The van der Waals surface area contributed by atoms with Gasteiger partial charge in [-0.05, 0) is 23.3 Å². The fourth-order valence-electron chi connectivity index (χ4n) is 3.04. The van der Waals surface area contributed by atoms with Crippen LogP contribution in [-0.2, 0) is 29.2 Å². The predicted molar refractivity (Wildman–Crippen MR) is 109 cm³/mol. The number of methoxy groups -OCH3 is 2. The van der Waals surface area contributed by atoms with Gasteiger partial charge in [-0.15, -0.1) is 0 Å². The number of fused-ring (bicyclic) bond motifs is 1. The number of aromatic nitrogens is 3. The van der Waals surface area contributed by atoms with Crippen LogP contribution >= 0.6 is 0 Å². The fraction of sp³-hybridized carbons (Fsp3) is 0.300. The van der Waals surface area contributed by atoms with Gasteiger partial charge in [0, 0.05) is 37.8 Å². The molecule has 0 atom stereocenters. The maximum atomic E-state index is 12.4. The highest BCUT2D eigenvalue weighted by Gasteiger charge is 2.14. The highest BCUT2D eigenvalue weighted by Crippen LogP contribution is 2.23. The standard InChI is InChI=1S/C20H22N4O6/c1-11(25)30-10-13-8-22-18-17(19(26)24-20(27)23-18)16(13)9-21-7-12-4-14(28-2)6-15(5-12)29-3/h4-6,8,21H,7,9-10H2,1-3H3,(H2,22,23,24,26,27). The summed E-state index contributed by atoms with van der Waals surface area (Å²) in [5.74, 6) is 0.864. The van der Waals surface area contributed by atoms with Gasteiger partial charge < -0.3 is 19.5 Å². The SMILES string of the molecule is COc1cc(CNCc2c(COC(C)=O)cnc3[nH]c(=O)[nH]c(=O)c23)cc(OC)c1. The number of benzene rings is 1. The van der Waals surface area contributed by atoms with Gasteiger partial charge in [-0.1, -0.05) is 0 Å². The lowest BCUT2D eigenvalue weighted by Gasteiger charge is -2.13. The van der Waals surface area contributed by atoms with E-state index in [1.807, 2.05) is 12.1 Å². The molecule has 0 aliphatic carbocycles. The Balaban J connectivity index is 1.91. The van der Waals surface area contributed by atoms with Crippen molar-refractivity contribution in [2.24, 2.45) is 0 Å². The maximum Gasteiger partial charge on any atom is 0.327 e. The summed E-state index contributed by atoms with van der Waals surface area (Å²) >= 11 is 0. The van der Waals surface area contributed by atoms with Crippen molar-refractivity contribution in [3.8, 4) is 11.5 Å². The van der Waals surface area contributed by atoms with E-state index in [1.54, 1.807) is 20.3 Å². The number of H-pyrrole nitrogens is 2. The van der Waals surface area contributed by atoms with Crippen LogP contribution in [0.1, 0.15) is 23.6 Å². The number of hydrogen-bond acceptors (Lipinski definition) is 8. The van der Waals surface area contributed by atoms with Crippen LogP contribution in [-0.4, -0.2) is 35.1 Å². The molecule has 2 heterocycles. The highest BCUT2D eigenvalue weighted by atomic mass is 16.5. The highest BCUT2D eigenvalue weighted by molar-refractivity contribution is 5.78. The van der Waals surface area contributed by atoms with Crippen molar-refractivity contribution >= 4 is 17.0 Å². The van der Waals surface area contributed by atoms with E-state index in [-0.39, 0.29) is 24.2 Å². The Labute approximate surface area is 171 Å². The average molecular weight is 414 g/mol. The van der Waals surface area contributed by atoms with Gasteiger partial charge in [0.15, 0.2) is 0 Å². The molecule has 10 nitrogen and oxygen atoms in total. The monoisotopic (exact) mass is 414 g/mol. The van der Waals surface area contributed by atoms with Gasteiger partial charge in [-0.25, -0.2) is 9.78 Å². The molecule has 158 valence electrons. The first-order chi connectivity index (χ1) is 14.4. The summed E-state index contributed by atoms with van der Waals surface area (Å²) in [7, 11) is 3.15. The molecule has 0 amide bonds. The van der Waals surface area contributed by atoms with Gasteiger partial charge >= 0.3 is 11.7 Å². The molecule has 0 unspecified atom stereocenters. The molecule has 0 fully saturated rings. The molecule has 3 N–H and O–H groups in total. The summed E-state index contributed by atoms with van der Waals surface area (Å²) in [5, 5.41) is 3.49. The lowest BCUT2D eigenvalue weighted by molar-refractivity contribution is -0.142. The first kappa shape index (κ1) is 21.1. The van der Waals surface area contributed by atoms with E-state index < -0.39 is 17.2 Å². The fourth-order valence-corrected chi connectivity index (χ4v) is 3.04. The Morgan fingerprint density at radius 1 is 1.07 bits per heavy atom. The molecule has 0 radical (unpaired) electrons. The minimum Gasteiger partial charge on any atom is -0.497 e. The van der Waals surface area contributed by atoms with Crippen LogP contribution in [0.2, 0.25) is 0 Å². The van der Waals surface area contributed by atoms with Crippen molar-refractivity contribution in [1.82, 2.24) is 20.3 Å². The molecular weight excluding hydrogens is 392 g/mol. The maximum absolute atomic E-state index is 12.4. The minimum absolute atomic E-state index is 0.0408. The summed E-state index contributed by atoms with van der Waals surface area (Å²) in [6, 6.07) is 5.50. The van der Waals surface area contributed by atoms with Crippen molar-refractivity contribution in [2.75, 3.05) is 14.2 Å². The summed E-state index contributed by atoms with van der Waals surface area (Å²) in [4.78, 5) is 44.1. The van der Waals surface area contributed by atoms with Crippen LogP contribution in [0.15, 0.2) is 34.0 Å². The largest absolute Gasteiger partial charge is 0.497 e. The Bertz CT molecular complexity index is 1160. The van der Waals surface area contributed by atoms with E-state index in [2.05, 4.69) is 20.3 Å². The normalized spacial score (nSPS) is 10.8. The molecule has 10 heteroatoms. The Morgan fingerprint density at radius 3 is 2.40 bits per heavy atom. The van der Waals surface area contributed by atoms with Gasteiger partial charge in [0.1, 0.15) is 23.8 Å². The molecule has 3 aromatic rings. The zero-order valence-corrected chi connectivity index (χ0v) is 16.8. The second kappa shape index (κ2) is 9.23. The molecule has 0 aliphatic heterocycles. The van der Waals surface area contributed by atoms with E-state index in [0.717, 1.165) is 5.56 Å². The zero-order chi connectivity index (χ0) is 21.7. The Hall–Kier alpha value is -3.66. The number of esters is 1. The number of rotatable bonds is 8. The first-order valence-corrected chi connectivity index (χ1v) is 9.10. The zero-order valence-electron chi connectivity index (χ0n) is 16.8. The molecule has 0 saturated carbocycles. The van der Waals surface area contributed by atoms with Gasteiger partial charge in [-0.3, -0.25) is 19.6 Å². The van der Waals surface area contributed by atoms with Crippen LogP contribution in [0, 0.1) is 0 Å². The topological polar surface area (TPSA) is 135 Å². The third-order valence-corrected chi connectivity index (χ3v) is 4.43. The molecule has 0 spiro atoms. The number of nitrogens with zero attached hydrogens (tertiary/aromatic N) is 1. The average Bonchev–Trinajstić information content (AvgIpc) is 2.72. The van der Waals surface area contributed by atoms with E-state index in [0.29, 0.717) is 29.2 Å². The number of nitrogens with one attached hydrogen (secondary N) is 3. The van der Waals surface area contributed by atoms with E-state index in [1.165, 1.54) is 13.1 Å². The molecule has 1 aromatic carbocycles. The van der Waals surface area contributed by atoms with Crippen molar-refractivity contribution in [1.29, 1.82) is 0 Å². The number of aromatic amines is 2. The minimum atomic E-state index is -0.643. The van der Waals surface area contributed by atoms with Crippen LogP contribution in [0.3, 0.4) is 0 Å². The summed E-state index contributed by atoms with van der Waals surface area (Å²) in [5.41, 5.74) is 1.00. The van der Waals surface area contributed by atoms with Gasteiger partial charge in [0.2, 0.25) is 0 Å². The van der Waals surface area contributed by atoms with Crippen LogP contribution in [0.5, 0.6) is 11.5 Å². The van der Waals surface area contributed by atoms with Crippen LogP contribution in [0.4, 0.5) is 0 Å². The smallest absolute Gasteiger partial charge is 0.327 e. The molecule has 0 bridgehead atoms. The third-order valence-electron chi connectivity index (χ3n) is 4.43. The summed E-state index contributed by atoms with van der Waals surface area (Å²) < 4.78 is 15.6. The van der Waals surface area contributed by atoms with Crippen molar-refractivity contribution < 1.29 is 19.0 Å². The van der Waals surface area contributed by atoms with Gasteiger partial charge in [0.25, 0.3) is 5.56 Å². The number of hydrogen-bond donors (Lipinski definition) is 3. The molecule has 2 aromatic heterocycles. The number of carbonyl (C=O) groups excluding carboxylic acids is 1. The quantitative estimate of drug-likeness (QED) is 0.464. The molecule has 30 heavy (non-hydrogen) atoms. The first-order valence-electron chi connectivity index (χ1n) is 9.10. The second-order valence-corrected chi connectivity index (χ2v) is 6.50. The van der Waals surface area contributed by atoms with Crippen molar-refractivity contribution in [2.45, 2.75) is 26.6 Å². The van der Waals surface area contributed by atoms with Gasteiger partial charge in [-0.2, -0.15) is 0 Å². The molecular formula is C20H22N4O6. The van der Waals surface area contributed by atoms with E-state index >= 15 is 0 Å². The lowest BCUT2D eigenvalue weighted by atomic mass is 10.1. The Kier molecular flexibility index (Phi) is 6.48. The summed E-state index contributed by atoms with van der Waals surface area (Å²) in [6.45, 7) is 1.98. The predicted octanol–water partition coefficient (Wildman–Crippen LogP) is 0.982. The number of carbonyl (C=O) groups is 1. The van der Waals surface area contributed by atoms with Crippen LogP contribution < -0.4 is 26.0 Å². The second-order valence-electron chi connectivity index (χ2n) is 6.50. The van der Waals surface area contributed by atoms with Crippen LogP contribution in [0.25, 0.3) is 11.0 Å². The molecule has 3 rings (SSSR count). The van der Waals surface area contributed by atoms with Gasteiger partial charge in [0.05, 0.1) is 19.6 Å². The number of ether oxygens (including phenoxy) is 3. The molecule has 0 aliphatic rings. The van der Waals surface area contributed by atoms with Crippen molar-refractivity contribution in [3.05, 3.63) is 61.9 Å². The Morgan fingerprint density at radius 2 is 1.77 bits per heavy atom. The lowest BCUT2D eigenvalue weighted by Crippen LogP contribution is -2.25. The summed E-state index contributed by atoms with van der Waals surface area (Å²) in [6.07, 6.45) is 1.48.